The fourth-order valence-corrected chi connectivity index (χ4v) is 9.52. The van der Waals surface area contributed by atoms with E-state index in [0.717, 1.165) is 22.8 Å². The highest BCUT2D eigenvalue weighted by molar-refractivity contribution is 6.10. The van der Waals surface area contributed by atoms with Gasteiger partial charge >= 0.3 is 0 Å². The van der Waals surface area contributed by atoms with Gasteiger partial charge in [0, 0.05) is 44.7 Å². The molecule has 10 aromatic rings. The van der Waals surface area contributed by atoms with E-state index in [2.05, 4.69) is 240 Å². The summed E-state index contributed by atoms with van der Waals surface area (Å²) < 4.78 is 8.60. The molecule has 9 aromatic carbocycles. The van der Waals surface area contributed by atoms with Crippen molar-refractivity contribution in [3.63, 3.8) is 0 Å². The Kier molecular flexibility index (Phi) is 8.31. The van der Waals surface area contributed by atoms with Crippen molar-refractivity contribution in [2.75, 3.05) is 4.90 Å². The molecule has 2 aliphatic rings. The maximum Gasteiger partial charge on any atom is 0.128 e. The minimum Gasteiger partial charge on any atom is -0.485 e. The van der Waals surface area contributed by atoms with Crippen molar-refractivity contribution in [3.05, 3.63) is 236 Å². The smallest absolute Gasteiger partial charge is 0.128 e. The highest BCUT2D eigenvalue weighted by Crippen LogP contribution is 2.44. The predicted molar refractivity (Wildman–Crippen MR) is 255 cm³/mol. The molecule has 0 bridgehead atoms. The second-order valence-electron chi connectivity index (χ2n) is 16.1. The maximum atomic E-state index is 6.24. The molecule has 1 aliphatic carbocycles. The minimum atomic E-state index is 0.0830. The fourth-order valence-electron chi connectivity index (χ4n) is 9.52. The Morgan fingerprint density at radius 3 is 1.72 bits per heavy atom. The van der Waals surface area contributed by atoms with Crippen LogP contribution in [0.1, 0.15) is 11.5 Å². The van der Waals surface area contributed by atoms with Gasteiger partial charge in [-0.2, -0.15) is 0 Å². The number of nitrogens with zero attached hydrogens (tertiary/aromatic N) is 2. The number of hydrogen-bond acceptors (Lipinski definition) is 2. The molecule has 2 atom stereocenters. The van der Waals surface area contributed by atoms with Gasteiger partial charge in [-0.1, -0.05) is 152 Å². The van der Waals surface area contributed by atoms with E-state index in [4.69, 9.17) is 4.74 Å². The zero-order valence-electron chi connectivity index (χ0n) is 33.4. The Morgan fingerprint density at radius 2 is 0.967 bits per heavy atom. The molecule has 0 saturated carbocycles. The lowest BCUT2D eigenvalue weighted by Gasteiger charge is -2.27. The van der Waals surface area contributed by atoms with Crippen molar-refractivity contribution < 1.29 is 4.74 Å². The van der Waals surface area contributed by atoms with Gasteiger partial charge in [0.1, 0.15) is 11.9 Å². The maximum absolute atomic E-state index is 6.24. The lowest BCUT2D eigenvalue weighted by molar-refractivity contribution is 0.269. The predicted octanol–water partition coefficient (Wildman–Crippen LogP) is 15.4. The van der Waals surface area contributed by atoms with Crippen LogP contribution in [-0.2, 0) is 0 Å². The molecule has 0 saturated heterocycles. The summed E-state index contributed by atoms with van der Waals surface area (Å²) in [5.41, 5.74) is 15.3. The third-order valence-corrected chi connectivity index (χ3v) is 12.5. The number of benzene rings is 9. The molecule has 2 heterocycles. The SMILES string of the molecule is C1=CC2Oc3ccc(-c4ccc(N(c5ccc(-c6ccc(-c7ccc8c(c7)c7ccccc7n8-c7ccccc7)cc6)cc5)c5cccc6ccccc56)cc4)cc3C2C=C1. The Hall–Kier alpha value is -7.88. The molecule has 2 unspecified atom stereocenters. The normalized spacial score (nSPS) is 15.2. The quantitative estimate of drug-likeness (QED) is 0.160. The van der Waals surface area contributed by atoms with Crippen LogP contribution in [0.5, 0.6) is 5.75 Å². The van der Waals surface area contributed by atoms with Gasteiger partial charge in [-0.15, -0.1) is 0 Å². The number of anilines is 3. The molecule has 0 amide bonds. The van der Waals surface area contributed by atoms with Gasteiger partial charge in [0.15, 0.2) is 0 Å². The number of aromatic nitrogens is 1. The van der Waals surface area contributed by atoms with Crippen LogP contribution >= 0.6 is 0 Å². The molecule has 0 spiro atoms. The summed E-state index contributed by atoms with van der Waals surface area (Å²) >= 11 is 0. The summed E-state index contributed by atoms with van der Waals surface area (Å²) in [6.07, 6.45) is 8.69. The molecule has 1 aromatic heterocycles. The second-order valence-corrected chi connectivity index (χ2v) is 16.1. The van der Waals surface area contributed by atoms with Crippen molar-refractivity contribution in [2.45, 2.75) is 12.0 Å². The summed E-state index contributed by atoms with van der Waals surface area (Å²) in [4.78, 5) is 2.38. The largest absolute Gasteiger partial charge is 0.485 e. The first-order valence-corrected chi connectivity index (χ1v) is 21.1. The van der Waals surface area contributed by atoms with Gasteiger partial charge < -0.3 is 14.2 Å². The Labute approximate surface area is 355 Å². The lowest BCUT2D eigenvalue weighted by Crippen LogP contribution is -2.15. The van der Waals surface area contributed by atoms with Gasteiger partial charge in [-0.25, -0.2) is 0 Å². The third kappa shape index (κ3) is 6.05. The zero-order chi connectivity index (χ0) is 40.3. The van der Waals surface area contributed by atoms with Crippen LogP contribution in [0, 0.1) is 0 Å². The number of para-hydroxylation sites is 2. The first-order valence-electron chi connectivity index (χ1n) is 21.1. The summed E-state index contributed by atoms with van der Waals surface area (Å²) in [7, 11) is 0. The van der Waals surface area contributed by atoms with Gasteiger partial charge in [-0.3, -0.25) is 0 Å². The molecule has 61 heavy (non-hydrogen) atoms. The summed E-state index contributed by atoms with van der Waals surface area (Å²) in [5.74, 6) is 1.24. The van der Waals surface area contributed by atoms with E-state index in [1.54, 1.807) is 0 Å². The molecule has 0 fully saturated rings. The molecule has 3 heteroatoms. The van der Waals surface area contributed by atoms with Gasteiger partial charge in [0.2, 0.25) is 0 Å². The van der Waals surface area contributed by atoms with Crippen LogP contribution in [0.3, 0.4) is 0 Å². The van der Waals surface area contributed by atoms with E-state index in [1.807, 2.05) is 0 Å². The molecule has 288 valence electrons. The highest BCUT2D eigenvalue weighted by Gasteiger charge is 2.32. The summed E-state index contributed by atoms with van der Waals surface area (Å²) in [6, 6.07) is 75.0. The number of fused-ring (bicyclic) bond motifs is 7. The Bertz CT molecular complexity index is 3320. The van der Waals surface area contributed by atoms with Gasteiger partial charge in [-0.05, 0) is 118 Å². The Morgan fingerprint density at radius 1 is 0.410 bits per heavy atom. The van der Waals surface area contributed by atoms with E-state index >= 15 is 0 Å². The number of allylic oxidation sites excluding steroid dienone is 2. The number of rotatable bonds is 7. The van der Waals surface area contributed by atoms with Crippen LogP contribution in [-0.4, -0.2) is 10.7 Å². The summed E-state index contributed by atoms with van der Waals surface area (Å²) in [6.45, 7) is 0. The first-order chi connectivity index (χ1) is 30.2. The van der Waals surface area contributed by atoms with E-state index in [-0.39, 0.29) is 12.0 Å². The van der Waals surface area contributed by atoms with Crippen molar-refractivity contribution in [1.82, 2.24) is 4.57 Å². The van der Waals surface area contributed by atoms with E-state index in [1.165, 1.54) is 77.2 Å². The first kappa shape index (κ1) is 35.1. The van der Waals surface area contributed by atoms with Crippen molar-refractivity contribution in [3.8, 4) is 44.8 Å². The van der Waals surface area contributed by atoms with Crippen molar-refractivity contribution in [1.29, 1.82) is 0 Å². The molecular formula is C58H40N2O. The third-order valence-electron chi connectivity index (χ3n) is 12.5. The lowest BCUT2D eigenvalue weighted by atomic mass is 9.90. The van der Waals surface area contributed by atoms with Crippen molar-refractivity contribution in [2.24, 2.45) is 0 Å². The van der Waals surface area contributed by atoms with Gasteiger partial charge in [0.05, 0.1) is 16.7 Å². The Balaban J connectivity index is 0.863. The topological polar surface area (TPSA) is 17.4 Å². The van der Waals surface area contributed by atoms with Crippen LogP contribution in [0.4, 0.5) is 17.1 Å². The molecule has 0 radical (unpaired) electrons. The molecular weight excluding hydrogens is 741 g/mol. The van der Waals surface area contributed by atoms with E-state index in [0.29, 0.717) is 0 Å². The highest BCUT2D eigenvalue weighted by atomic mass is 16.5. The minimum absolute atomic E-state index is 0.0830. The van der Waals surface area contributed by atoms with Crippen LogP contribution < -0.4 is 9.64 Å². The monoisotopic (exact) mass is 780 g/mol. The standard InChI is InChI=1S/C58H40N2O/c1-2-13-46(14-3-1)60-55-18-8-6-16-50(55)52-37-44(29-35-56(52)60)41-23-21-39(22-24-41)40-25-31-47(32-26-40)59(54-19-10-12-43-11-4-5-15-49(43)54)48-33-27-42(28-34-48)45-30-36-58-53(38-45)51-17-7-9-20-57(51)61-58/h1-38,51,57H. The number of ether oxygens (including phenoxy) is 1. The van der Waals surface area contributed by atoms with Crippen LogP contribution in [0.15, 0.2) is 231 Å². The summed E-state index contributed by atoms with van der Waals surface area (Å²) in [5, 5.41) is 4.94. The fraction of sp³-hybridized carbons (Fsp3) is 0.0345. The average Bonchev–Trinajstić information content (AvgIpc) is 3.88. The van der Waals surface area contributed by atoms with Crippen LogP contribution in [0.2, 0.25) is 0 Å². The molecule has 1 aliphatic heterocycles. The molecule has 12 rings (SSSR count). The number of hydrogen-bond donors (Lipinski definition) is 0. The second kappa shape index (κ2) is 14.4. The van der Waals surface area contributed by atoms with Gasteiger partial charge in [0.25, 0.3) is 0 Å². The molecule has 3 nitrogen and oxygen atoms in total. The van der Waals surface area contributed by atoms with E-state index in [9.17, 15) is 0 Å². The van der Waals surface area contributed by atoms with E-state index < -0.39 is 0 Å². The van der Waals surface area contributed by atoms with Crippen LogP contribution in [0.25, 0.3) is 71.6 Å². The molecule has 0 N–H and O–H groups in total. The van der Waals surface area contributed by atoms with Crippen molar-refractivity contribution >= 4 is 49.6 Å². The zero-order valence-corrected chi connectivity index (χ0v) is 33.4. The average molecular weight is 781 g/mol.